The lowest BCUT2D eigenvalue weighted by Crippen LogP contribution is -2.14. The fourth-order valence-corrected chi connectivity index (χ4v) is 3.68. The number of rotatable bonds is 33. The molecule has 0 heterocycles. The van der Waals surface area contributed by atoms with E-state index in [1.54, 1.807) is 12.1 Å². The summed E-state index contributed by atoms with van der Waals surface area (Å²) in [4.78, 5) is 13.0. The molecule has 0 aliphatic rings. The lowest BCUT2D eigenvalue weighted by atomic mass is 10.0. The zero-order chi connectivity index (χ0) is 33.5. The Hall–Kier alpha value is -1.79. The Kier molecular flexibility index (Phi) is 28.0. The molecule has 0 spiro atoms. The van der Waals surface area contributed by atoms with Crippen molar-refractivity contribution in [3.8, 4) is 5.75 Å². The van der Waals surface area contributed by atoms with Crippen LogP contribution < -0.4 is 5.43 Å². The molecule has 0 bridgehead atoms. The van der Waals surface area contributed by atoms with Gasteiger partial charge in [0.1, 0.15) is 0 Å². The summed E-state index contributed by atoms with van der Waals surface area (Å²) in [5, 5.41) is 27.9. The Balaban J connectivity index is 2.24. The van der Waals surface area contributed by atoms with E-state index in [9.17, 15) is 9.90 Å². The Labute approximate surface area is 272 Å². The maximum Gasteiger partial charge on any atom is 0.225 e. The highest BCUT2D eigenvalue weighted by molar-refractivity contribution is 5.38. The van der Waals surface area contributed by atoms with E-state index in [1.165, 1.54) is 0 Å². The van der Waals surface area contributed by atoms with Crippen LogP contribution in [0, 0.1) is 0 Å². The monoisotopic (exact) mass is 664 g/mol. The van der Waals surface area contributed by atoms with Crippen molar-refractivity contribution in [2.75, 3.05) is 132 Å². The summed E-state index contributed by atoms with van der Waals surface area (Å²) in [5.41, 5.74) is 1.17. The second kappa shape index (κ2) is 30.5. The maximum atomic E-state index is 13.0. The fraction of sp³-hybridized carbons (Fsp3) is 0.781. The van der Waals surface area contributed by atoms with E-state index in [0.29, 0.717) is 117 Å². The van der Waals surface area contributed by atoms with Gasteiger partial charge in [0.2, 0.25) is 5.43 Å². The molecule has 0 aromatic heterocycles. The van der Waals surface area contributed by atoms with E-state index in [4.69, 9.17) is 57.6 Å². The van der Waals surface area contributed by atoms with E-state index < -0.39 is 5.43 Å². The summed E-state index contributed by atoms with van der Waals surface area (Å²) < 4.78 is 54.1. The van der Waals surface area contributed by atoms with Gasteiger partial charge in [-0.15, -0.1) is 0 Å². The van der Waals surface area contributed by atoms with Crippen LogP contribution in [0.1, 0.15) is 36.5 Å². The Bertz CT molecular complexity index is 902. The van der Waals surface area contributed by atoms with Crippen molar-refractivity contribution in [2.24, 2.45) is 0 Å². The van der Waals surface area contributed by atoms with Crippen LogP contribution in [0.3, 0.4) is 0 Å². The van der Waals surface area contributed by atoms with Gasteiger partial charge in [-0.25, -0.2) is 0 Å². The van der Waals surface area contributed by atoms with Gasteiger partial charge in [0.05, 0.1) is 145 Å². The number of hydrogen-bond acceptors (Lipinski definition) is 14. The molecular formula is C32H56O14. The zero-order valence-corrected chi connectivity index (χ0v) is 27.6. The van der Waals surface area contributed by atoms with Crippen molar-refractivity contribution in [1.82, 2.24) is 0 Å². The van der Waals surface area contributed by atoms with Crippen molar-refractivity contribution >= 4 is 0 Å². The zero-order valence-electron chi connectivity index (χ0n) is 27.6. The number of aromatic hydroxyl groups is 1. The first kappa shape index (κ1) is 42.2. The highest BCUT2D eigenvalue weighted by Gasteiger charge is 2.13. The predicted octanol–water partition coefficient (Wildman–Crippen LogP) is 1.03. The highest BCUT2D eigenvalue weighted by Crippen LogP contribution is 2.21. The molecule has 46 heavy (non-hydrogen) atoms. The molecule has 0 saturated carbocycles. The van der Waals surface area contributed by atoms with Crippen LogP contribution in [0.4, 0.5) is 0 Å². The molecule has 0 saturated heterocycles. The van der Waals surface area contributed by atoms with Crippen LogP contribution >= 0.6 is 0 Å². The normalized spacial score (nSPS) is 11.6. The Morgan fingerprint density at radius 1 is 0.478 bits per heavy atom. The molecule has 0 aliphatic carbocycles. The largest absolute Gasteiger partial charge is 0.504 e. The standard InChI is InChI=1S/C32H56O14/c1-27(2)28-23-29(25-45-21-19-43-17-15-41-13-11-39-9-7-37-5-3-33)31(35)32(36)30(24-28)26-46-22-20-44-18-16-42-14-12-40-10-8-38-6-4-34/h23-24,27,33-34H,3-22,25-26H2,1-2H3,(H,35,36). The minimum Gasteiger partial charge on any atom is -0.504 e. The van der Waals surface area contributed by atoms with Crippen molar-refractivity contribution < 1.29 is 62.7 Å². The van der Waals surface area contributed by atoms with Crippen LogP contribution in [0.2, 0.25) is 0 Å². The first-order valence-electron chi connectivity index (χ1n) is 15.9. The van der Waals surface area contributed by atoms with E-state index in [2.05, 4.69) is 0 Å². The molecule has 14 nitrogen and oxygen atoms in total. The molecule has 14 heteroatoms. The summed E-state index contributed by atoms with van der Waals surface area (Å²) in [6.45, 7) is 11.2. The highest BCUT2D eigenvalue weighted by atomic mass is 16.6. The van der Waals surface area contributed by atoms with Crippen LogP contribution in [-0.2, 0) is 60.6 Å². The van der Waals surface area contributed by atoms with Crippen molar-refractivity contribution in [2.45, 2.75) is 33.0 Å². The van der Waals surface area contributed by atoms with E-state index >= 15 is 0 Å². The van der Waals surface area contributed by atoms with Gasteiger partial charge in [0, 0.05) is 11.1 Å². The third kappa shape index (κ3) is 22.7. The van der Waals surface area contributed by atoms with Gasteiger partial charge < -0.3 is 62.7 Å². The average Bonchev–Trinajstić information content (AvgIpc) is 3.16. The van der Waals surface area contributed by atoms with E-state index in [-0.39, 0.29) is 51.3 Å². The molecule has 0 atom stereocenters. The summed E-state index contributed by atoms with van der Waals surface area (Å²) >= 11 is 0. The molecule has 268 valence electrons. The summed E-state index contributed by atoms with van der Waals surface area (Å²) in [6.07, 6.45) is 0. The van der Waals surface area contributed by atoms with Crippen molar-refractivity contribution in [3.05, 3.63) is 39.0 Å². The van der Waals surface area contributed by atoms with Crippen LogP contribution in [-0.4, -0.2) is 147 Å². The fourth-order valence-electron chi connectivity index (χ4n) is 3.68. The van der Waals surface area contributed by atoms with Crippen LogP contribution in [0.25, 0.3) is 0 Å². The quantitative estimate of drug-likeness (QED) is 0.0911. The van der Waals surface area contributed by atoms with E-state index in [1.807, 2.05) is 13.8 Å². The van der Waals surface area contributed by atoms with Gasteiger partial charge in [-0.2, -0.15) is 0 Å². The topological polar surface area (TPSA) is 170 Å². The summed E-state index contributed by atoms with van der Waals surface area (Å²) in [7, 11) is 0. The van der Waals surface area contributed by atoms with Gasteiger partial charge in [0.15, 0.2) is 5.75 Å². The minimum absolute atomic E-state index is 0.000519. The Morgan fingerprint density at radius 2 is 0.761 bits per heavy atom. The molecule has 1 aromatic rings. The second-order valence-corrected chi connectivity index (χ2v) is 10.1. The van der Waals surface area contributed by atoms with Gasteiger partial charge >= 0.3 is 0 Å². The molecule has 0 fully saturated rings. The first-order chi connectivity index (χ1) is 22.5. The van der Waals surface area contributed by atoms with Gasteiger partial charge in [0.25, 0.3) is 0 Å². The first-order valence-corrected chi connectivity index (χ1v) is 15.9. The average molecular weight is 665 g/mol. The van der Waals surface area contributed by atoms with Gasteiger partial charge in [-0.1, -0.05) is 13.8 Å². The summed E-state index contributed by atoms with van der Waals surface area (Å²) in [5.74, 6) is -0.234. The molecule has 1 rings (SSSR count). The molecule has 3 N–H and O–H groups in total. The number of aliphatic hydroxyl groups is 2. The van der Waals surface area contributed by atoms with Gasteiger partial charge in [-0.05, 0) is 23.6 Å². The third-order valence-electron chi connectivity index (χ3n) is 6.12. The minimum atomic E-state index is -0.489. The molecular weight excluding hydrogens is 608 g/mol. The number of ether oxygens (including phenoxy) is 10. The van der Waals surface area contributed by atoms with Crippen molar-refractivity contribution in [3.63, 3.8) is 0 Å². The second-order valence-electron chi connectivity index (χ2n) is 10.1. The number of aliphatic hydroxyl groups excluding tert-OH is 2. The van der Waals surface area contributed by atoms with E-state index in [0.717, 1.165) is 5.56 Å². The lowest BCUT2D eigenvalue weighted by molar-refractivity contribution is -0.0146. The van der Waals surface area contributed by atoms with Crippen molar-refractivity contribution in [1.29, 1.82) is 0 Å². The molecule has 0 radical (unpaired) electrons. The molecule has 0 aliphatic heterocycles. The predicted molar refractivity (Wildman–Crippen MR) is 169 cm³/mol. The SMILES string of the molecule is CC(C)c1cc(COCCOCCOCCOCCOCCO)c(O)c(=O)c(COCCOCCOCCOCCOCCO)c1. The Morgan fingerprint density at radius 3 is 1.09 bits per heavy atom. The third-order valence-corrected chi connectivity index (χ3v) is 6.12. The van der Waals surface area contributed by atoms with Crippen LogP contribution in [0.15, 0.2) is 16.9 Å². The van der Waals surface area contributed by atoms with Crippen LogP contribution in [0.5, 0.6) is 5.75 Å². The molecule has 0 unspecified atom stereocenters. The number of hydrogen-bond donors (Lipinski definition) is 3. The summed E-state index contributed by atoms with van der Waals surface area (Å²) in [6, 6.07) is 3.56. The molecule has 1 aromatic carbocycles. The molecule has 0 amide bonds. The maximum absolute atomic E-state index is 13.0. The van der Waals surface area contributed by atoms with Gasteiger partial charge in [-0.3, -0.25) is 4.79 Å². The lowest BCUT2D eigenvalue weighted by Gasteiger charge is -2.08. The smallest absolute Gasteiger partial charge is 0.225 e.